The van der Waals surface area contributed by atoms with Gasteiger partial charge in [-0.05, 0) is 98.4 Å². The van der Waals surface area contributed by atoms with Gasteiger partial charge in [0.05, 0.1) is 5.56 Å². The molecule has 0 saturated carbocycles. The van der Waals surface area contributed by atoms with Crippen molar-refractivity contribution in [3.63, 3.8) is 0 Å². The Kier molecular flexibility index (Phi) is 5.70. The first kappa shape index (κ1) is 19.7. The van der Waals surface area contributed by atoms with Crippen LogP contribution in [0.2, 0.25) is 5.02 Å². The smallest absolute Gasteiger partial charge is 0.343 e. The zero-order valence-corrected chi connectivity index (χ0v) is 17.5. The Hall–Kier alpha value is -2.62. The maximum atomic E-state index is 12.8. The second kappa shape index (κ2) is 8.40. The molecule has 0 fully saturated rings. The van der Waals surface area contributed by atoms with Crippen molar-refractivity contribution in [2.75, 3.05) is 13.1 Å². The van der Waals surface area contributed by atoms with E-state index >= 15 is 0 Å². The number of carbonyl (C=O) groups excluding carboxylic acids is 1. The van der Waals surface area contributed by atoms with E-state index in [0.717, 1.165) is 53.2 Å². The number of rotatable bonds is 3. The van der Waals surface area contributed by atoms with Crippen LogP contribution in [0.4, 0.5) is 0 Å². The van der Waals surface area contributed by atoms with Crippen LogP contribution in [-0.2, 0) is 12.8 Å². The molecule has 0 unspecified atom stereocenters. The van der Waals surface area contributed by atoms with E-state index in [1.165, 1.54) is 11.1 Å². The molecule has 1 heterocycles. The van der Waals surface area contributed by atoms with Crippen LogP contribution in [0.5, 0.6) is 5.75 Å². The fraction of sp³-hybridized carbons (Fsp3) is 0.240. The van der Waals surface area contributed by atoms with Gasteiger partial charge in [-0.25, -0.2) is 4.79 Å². The van der Waals surface area contributed by atoms with Crippen LogP contribution in [0.15, 0.2) is 54.6 Å². The Labute approximate surface area is 176 Å². The van der Waals surface area contributed by atoms with Gasteiger partial charge in [0, 0.05) is 10.6 Å². The lowest BCUT2D eigenvalue weighted by molar-refractivity contribution is 0.0735. The van der Waals surface area contributed by atoms with Crippen LogP contribution in [0.3, 0.4) is 0 Å². The highest BCUT2D eigenvalue weighted by atomic mass is 35.5. The summed E-state index contributed by atoms with van der Waals surface area (Å²) in [5.41, 5.74) is 7.10. The molecule has 0 spiro atoms. The van der Waals surface area contributed by atoms with Crippen molar-refractivity contribution in [2.24, 2.45) is 0 Å². The molecule has 0 amide bonds. The molecular formula is C25H24ClNO2. The molecule has 1 aliphatic rings. The first-order valence-electron chi connectivity index (χ1n) is 9.93. The second-order valence-corrected chi connectivity index (χ2v) is 7.99. The van der Waals surface area contributed by atoms with Crippen LogP contribution in [0.25, 0.3) is 11.1 Å². The number of esters is 1. The minimum Gasteiger partial charge on any atom is -0.422 e. The van der Waals surface area contributed by atoms with Crippen LogP contribution in [-0.4, -0.2) is 19.1 Å². The average molecular weight is 406 g/mol. The molecule has 0 radical (unpaired) electrons. The van der Waals surface area contributed by atoms with Gasteiger partial charge in [0.2, 0.25) is 0 Å². The number of carbonyl (C=O) groups is 1. The highest BCUT2D eigenvalue weighted by Crippen LogP contribution is 2.36. The van der Waals surface area contributed by atoms with Gasteiger partial charge in [-0.3, -0.25) is 0 Å². The number of fused-ring (bicyclic) bond motifs is 1. The summed E-state index contributed by atoms with van der Waals surface area (Å²) in [7, 11) is 0. The molecule has 4 rings (SSSR count). The first-order chi connectivity index (χ1) is 14.0. The summed E-state index contributed by atoms with van der Waals surface area (Å²) in [6.45, 7) is 5.86. The number of ether oxygens (including phenoxy) is 1. The molecule has 1 aliphatic heterocycles. The highest BCUT2D eigenvalue weighted by molar-refractivity contribution is 6.31. The molecule has 29 heavy (non-hydrogen) atoms. The maximum Gasteiger partial charge on any atom is 0.343 e. The molecule has 0 aliphatic carbocycles. The monoisotopic (exact) mass is 405 g/mol. The quantitative estimate of drug-likeness (QED) is 0.459. The van der Waals surface area contributed by atoms with Crippen molar-refractivity contribution < 1.29 is 9.53 Å². The van der Waals surface area contributed by atoms with Crippen molar-refractivity contribution in [1.29, 1.82) is 0 Å². The Balaban J connectivity index is 1.77. The molecule has 3 nitrogen and oxygen atoms in total. The van der Waals surface area contributed by atoms with Gasteiger partial charge in [0.15, 0.2) is 0 Å². The van der Waals surface area contributed by atoms with E-state index in [9.17, 15) is 4.79 Å². The van der Waals surface area contributed by atoms with Gasteiger partial charge >= 0.3 is 5.97 Å². The third-order valence-electron chi connectivity index (χ3n) is 5.40. The van der Waals surface area contributed by atoms with Crippen LogP contribution < -0.4 is 10.1 Å². The zero-order valence-electron chi connectivity index (χ0n) is 16.7. The van der Waals surface area contributed by atoms with E-state index in [0.29, 0.717) is 11.3 Å². The summed E-state index contributed by atoms with van der Waals surface area (Å²) in [5, 5.41) is 4.16. The molecule has 1 N–H and O–H groups in total. The summed E-state index contributed by atoms with van der Waals surface area (Å²) >= 11 is 6.23. The Morgan fingerprint density at radius 1 is 0.931 bits per heavy atom. The zero-order chi connectivity index (χ0) is 20.4. The minimum atomic E-state index is -0.344. The van der Waals surface area contributed by atoms with Crippen molar-refractivity contribution in [2.45, 2.75) is 26.7 Å². The molecule has 3 aromatic carbocycles. The second-order valence-electron chi connectivity index (χ2n) is 7.59. The van der Waals surface area contributed by atoms with Crippen molar-refractivity contribution in [3.8, 4) is 16.9 Å². The van der Waals surface area contributed by atoms with Gasteiger partial charge in [0.1, 0.15) is 5.75 Å². The van der Waals surface area contributed by atoms with Gasteiger partial charge in [-0.15, -0.1) is 0 Å². The lowest BCUT2D eigenvalue weighted by atomic mass is 9.94. The molecule has 4 heteroatoms. The van der Waals surface area contributed by atoms with Crippen molar-refractivity contribution >= 4 is 17.6 Å². The normalized spacial score (nSPS) is 13.5. The Morgan fingerprint density at radius 2 is 1.62 bits per heavy atom. The fourth-order valence-corrected chi connectivity index (χ4v) is 3.79. The van der Waals surface area contributed by atoms with Gasteiger partial charge in [-0.2, -0.15) is 0 Å². The maximum absolute atomic E-state index is 12.8. The molecule has 0 aromatic heterocycles. The average Bonchev–Trinajstić information content (AvgIpc) is 2.95. The highest BCUT2D eigenvalue weighted by Gasteiger charge is 2.18. The summed E-state index contributed by atoms with van der Waals surface area (Å²) in [6, 6.07) is 17.6. The molecule has 148 valence electrons. The summed E-state index contributed by atoms with van der Waals surface area (Å²) < 4.78 is 5.91. The van der Waals surface area contributed by atoms with Crippen LogP contribution in [0.1, 0.15) is 32.6 Å². The number of halogens is 1. The summed E-state index contributed by atoms with van der Waals surface area (Å²) in [6.07, 6.45) is 1.88. The topological polar surface area (TPSA) is 38.3 Å². The van der Waals surface area contributed by atoms with E-state index < -0.39 is 0 Å². The van der Waals surface area contributed by atoms with E-state index in [1.54, 1.807) is 12.1 Å². The summed E-state index contributed by atoms with van der Waals surface area (Å²) in [4.78, 5) is 12.8. The SMILES string of the molecule is Cc1ccc(C(=O)Oc2cc3c(cc2-c2ccc(Cl)c(C)c2)CCNCC3)cc1. The van der Waals surface area contributed by atoms with Gasteiger partial charge < -0.3 is 10.1 Å². The fourth-order valence-electron chi connectivity index (χ4n) is 3.67. The van der Waals surface area contributed by atoms with Crippen LogP contribution >= 0.6 is 11.6 Å². The van der Waals surface area contributed by atoms with E-state index in [2.05, 4.69) is 11.4 Å². The molecule has 0 bridgehead atoms. The minimum absolute atomic E-state index is 0.344. The predicted molar refractivity (Wildman–Crippen MR) is 118 cm³/mol. The Bertz CT molecular complexity index is 1060. The van der Waals surface area contributed by atoms with Crippen molar-refractivity contribution in [1.82, 2.24) is 5.32 Å². The van der Waals surface area contributed by atoms with E-state index in [4.69, 9.17) is 16.3 Å². The predicted octanol–water partition coefficient (Wildman–Crippen LogP) is 5.53. The first-order valence-corrected chi connectivity index (χ1v) is 10.3. The lowest BCUT2D eigenvalue weighted by Gasteiger charge is -2.16. The van der Waals surface area contributed by atoms with Crippen LogP contribution in [0, 0.1) is 13.8 Å². The third-order valence-corrected chi connectivity index (χ3v) is 5.83. The largest absolute Gasteiger partial charge is 0.422 e. The molecule has 0 atom stereocenters. The van der Waals surface area contributed by atoms with E-state index in [-0.39, 0.29) is 5.97 Å². The number of hydrogen-bond donors (Lipinski definition) is 1. The number of nitrogens with one attached hydrogen (secondary N) is 1. The Morgan fingerprint density at radius 3 is 2.31 bits per heavy atom. The third kappa shape index (κ3) is 4.36. The van der Waals surface area contributed by atoms with E-state index in [1.807, 2.05) is 50.2 Å². The standard InChI is InChI=1S/C25H24ClNO2/c1-16-3-5-18(6-4-16)25(28)29-24-15-20-10-12-27-11-9-19(20)14-22(24)21-7-8-23(26)17(2)13-21/h3-8,13-15,27H,9-12H2,1-2H3. The molecule has 3 aromatic rings. The number of aryl methyl sites for hydroxylation is 2. The summed E-state index contributed by atoms with van der Waals surface area (Å²) in [5.74, 6) is 0.251. The molecular weight excluding hydrogens is 382 g/mol. The lowest BCUT2D eigenvalue weighted by Crippen LogP contribution is -2.16. The molecule has 0 saturated heterocycles. The number of hydrogen-bond acceptors (Lipinski definition) is 3. The number of benzene rings is 3. The van der Waals surface area contributed by atoms with Gasteiger partial charge in [-0.1, -0.05) is 35.4 Å². The van der Waals surface area contributed by atoms with Crippen molar-refractivity contribution in [3.05, 3.63) is 87.4 Å². The van der Waals surface area contributed by atoms with Gasteiger partial charge in [0.25, 0.3) is 0 Å².